The summed E-state index contributed by atoms with van der Waals surface area (Å²) in [6.45, 7) is 1.93. The fourth-order valence-corrected chi connectivity index (χ4v) is 6.18. The van der Waals surface area contributed by atoms with Gasteiger partial charge < -0.3 is 5.73 Å². The number of nitrogens with one attached hydrogen (secondary N) is 1. The van der Waals surface area contributed by atoms with Crippen LogP contribution in [0.1, 0.15) is 37.7 Å². The van der Waals surface area contributed by atoms with Gasteiger partial charge in [0.25, 0.3) is 0 Å². The number of nitrogens with two attached hydrogens (primary N) is 1. The molecule has 0 spiro atoms. The van der Waals surface area contributed by atoms with Crippen LogP contribution in [0.3, 0.4) is 0 Å². The lowest BCUT2D eigenvalue weighted by Gasteiger charge is -2.27. The summed E-state index contributed by atoms with van der Waals surface area (Å²) in [6, 6.07) is 5.15. The summed E-state index contributed by atoms with van der Waals surface area (Å²) in [5.74, 6) is 1.37. The number of fused-ring (bicyclic) bond motifs is 3. The van der Waals surface area contributed by atoms with E-state index in [1.165, 1.54) is 6.33 Å². The third-order valence-corrected chi connectivity index (χ3v) is 7.76. The second kappa shape index (κ2) is 5.99. The number of imidazole rings is 1. The molecule has 1 aromatic carbocycles. The van der Waals surface area contributed by atoms with E-state index < -0.39 is 10.0 Å². The number of benzene rings is 1. The smallest absolute Gasteiger partial charge is 0.241 e. The normalized spacial score (nSPS) is 24.2. The zero-order chi connectivity index (χ0) is 19.5. The maximum absolute atomic E-state index is 13.1. The van der Waals surface area contributed by atoms with Crippen molar-refractivity contribution in [3.05, 3.63) is 36.3 Å². The van der Waals surface area contributed by atoms with Crippen LogP contribution in [0.25, 0.3) is 17.0 Å². The summed E-state index contributed by atoms with van der Waals surface area (Å²) in [5.41, 5.74) is 7.89. The van der Waals surface area contributed by atoms with Crippen LogP contribution < -0.4 is 10.5 Å². The lowest BCUT2D eigenvalue weighted by atomic mass is 9.95. The van der Waals surface area contributed by atoms with Crippen LogP contribution in [0.5, 0.6) is 0 Å². The number of aryl methyl sites for hydroxylation is 1. The molecule has 3 N–H and O–H groups in total. The predicted octanol–water partition coefficient (Wildman–Crippen LogP) is 2.29. The molecule has 0 radical (unpaired) electrons. The number of anilines is 1. The fourth-order valence-electron chi connectivity index (χ4n) is 4.68. The molecule has 0 atom stereocenters. The van der Waals surface area contributed by atoms with Gasteiger partial charge in [0.05, 0.1) is 10.6 Å². The van der Waals surface area contributed by atoms with E-state index >= 15 is 0 Å². The summed E-state index contributed by atoms with van der Waals surface area (Å²) in [6.07, 6.45) is 8.13. The van der Waals surface area contributed by atoms with Gasteiger partial charge in [-0.3, -0.25) is 4.40 Å². The van der Waals surface area contributed by atoms with Gasteiger partial charge in [0, 0.05) is 17.3 Å². The van der Waals surface area contributed by atoms with E-state index in [2.05, 4.69) is 19.7 Å². The summed E-state index contributed by atoms with van der Waals surface area (Å²) < 4.78 is 30.8. The highest BCUT2D eigenvalue weighted by atomic mass is 32.2. The van der Waals surface area contributed by atoms with Crippen molar-refractivity contribution >= 4 is 21.7 Å². The summed E-state index contributed by atoms with van der Waals surface area (Å²) in [4.78, 5) is 12.8. The van der Waals surface area contributed by atoms with Gasteiger partial charge in [-0.15, -0.1) is 0 Å². The van der Waals surface area contributed by atoms with Crippen molar-refractivity contribution in [3.8, 4) is 11.3 Å². The Bertz CT molecular complexity index is 1180. The number of nitrogens with zero attached hydrogens (tertiary/aromatic N) is 4. The molecule has 0 unspecified atom stereocenters. The molecule has 9 heteroatoms. The molecular weight excluding hydrogens is 376 g/mol. The lowest BCUT2D eigenvalue weighted by Crippen LogP contribution is -2.44. The highest BCUT2D eigenvalue weighted by Crippen LogP contribution is 2.48. The van der Waals surface area contributed by atoms with Crippen LogP contribution >= 0.6 is 0 Å². The molecule has 5 rings (SSSR count). The Morgan fingerprint density at radius 3 is 2.71 bits per heavy atom. The van der Waals surface area contributed by atoms with Crippen molar-refractivity contribution in [1.82, 2.24) is 24.1 Å². The SMILES string of the molecule is Cc1ccc(S(=O)(=O)NC23CCC(CC2)C3)cc1-c1cn2c(N)ncnc2n1. The van der Waals surface area contributed by atoms with E-state index in [0.29, 0.717) is 17.4 Å². The van der Waals surface area contributed by atoms with Crippen LogP contribution in [0, 0.1) is 12.8 Å². The van der Waals surface area contributed by atoms with Crippen LogP contribution in [-0.4, -0.2) is 33.3 Å². The van der Waals surface area contributed by atoms with Gasteiger partial charge >= 0.3 is 0 Å². The Balaban J connectivity index is 1.54. The molecule has 0 saturated heterocycles. The average Bonchev–Trinajstić information content (AvgIpc) is 3.35. The van der Waals surface area contributed by atoms with Crippen LogP contribution in [0.2, 0.25) is 0 Å². The highest BCUT2D eigenvalue weighted by molar-refractivity contribution is 7.89. The molecule has 2 heterocycles. The van der Waals surface area contributed by atoms with Crippen LogP contribution in [0.15, 0.2) is 35.6 Å². The highest BCUT2D eigenvalue weighted by Gasteiger charge is 2.47. The third kappa shape index (κ3) is 2.77. The number of sulfonamides is 1. The van der Waals surface area contributed by atoms with Crippen LogP contribution in [-0.2, 0) is 10.0 Å². The average molecular weight is 398 g/mol. The minimum Gasteiger partial charge on any atom is -0.369 e. The maximum atomic E-state index is 13.1. The number of aromatic nitrogens is 4. The molecule has 2 aromatic heterocycles. The molecule has 2 bridgehead atoms. The molecule has 2 saturated carbocycles. The molecule has 146 valence electrons. The Labute approximate surface area is 163 Å². The molecule has 2 aliphatic rings. The van der Waals surface area contributed by atoms with E-state index in [9.17, 15) is 8.42 Å². The molecule has 28 heavy (non-hydrogen) atoms. The first-order chi connectivity index (χ1) is 13.4. The number of nitrogen functional groups attached to an aromatic ring is 1. The minimum absolute atomic E-state index is 0.258. The van der Waals surface area contributed by atoms with E-state index in [-0.39, 0.29) is 16.4 Å². The molecule has 2 fully saturated rings. The fraction of sp³-hybridized carbons (Fsp3) is 0.421. The number of hydrogen-bond donors (Lipinski definition) is 2. The van der Waals surface area contributed by atoms with Gasteiger partial charge in [-0.1, -0.05) is 6.07 Å². The topological polar surface area (TPSA) is 115 Å². The van der Waals surface area contributed by atoms with Crippen molar-refractivity contribution in [2.75, 3.05) is 5.73 Å². The number of rotatable bonds is 4. The van der Waals surface area contributed by atoms with Crippen LogP contribution in [0.4, 0.5) is 5.95 Å². The molecule has 2 aliphatic carbocycles. The van der Waals surface area contributed by atoms with E-state index in [4.69, 9.17) is 5.73 Å². The largest absolute Gasteiger partial charge is 0.369 e. The number of hydrogen-bond acceptors (Lipinski definition) is 6. The first-order valence-electron chi connectivity index (χ1n) is 9.46. The zero-order valence-corrected chi connectivity index (χ0v) is 16.4. The van der Waals surface area contributed by atoms with Gasteiger partial charge in [0.15, 0.2) is 0 Å². The quantitative estimate of drug-likeness (QED) is 0.697. The predicted molar refractivity (Wildman–Crippen MR) is 105 cm³/mol. The summed E-state index contributed by atoms with van der Waals surface area (Å²) >= 11 is 0. The Hall–Kier alpha value is -2.52. The van der Waals surface area contributed by atoms with Crippen molar-refractivity contribution in [2.45, 2.75) is 49.5 Å². The van der Waals surface area contributed by atoms with Crippen molar-refractivity contribution in [1.29, 1.82) is 0 Å². The van der Waals surface area contributed by atoms with Gasteiger partial charge in [-0.05, 0) is 62.6 Å². The Kier molecular flexibility index (Phi) is 3.76. The minimum atomic E-state index is -3.61. The second-order valence-electron chi connectivity index (χ2n) is 8.04. The van der Waals surface area contributed by atoms with Crippen molar-refractivity contribution in [3.63, 3.8) is 0 Å². The summed E-state index contributed by atoms with van der Waals surface area (Å²) in [5, 5.41) is 0. The van der Waals surface area contributed by atoms with Crippen molar-refractivity contribution in [2.24, 2.45) is 5.92 Å². The van der Waals surface area contributed by atoms with Gasteiger partial charge in [0.1, 0.15) is 6.33 Å². The van der Waals surface area contributed by atoms with Gasteiger partial charge in [-0.2, -0.15) is 0 Å². The maximum Gasteiger partial charge on any atom is 0.241 e. The zero-order valence-electron chi connectivity index (χ0n) is 15.6. The summed E-state index contributed by atoms with van der Waals surface area (Å²) in [7, 11) is -3.61. The second-order valence-corrected chi connectivity index (χ2v) is 9.72. The first-order valence-corrected chi connectivity index (χ1v) is 10.9. The molecular formula is C19H22N6O2S. The Morgan fingerprint density at radius 2 is 2.04 bits per heavy atom. The standard InChI is InChI=1S/C19H22N6O2S/c1-12-2-3-14(28(26,27)24-19-6-4-13(9-19)5-7-19)8-15(12)16-10-25-17(20)21-11-22-18(25)23-16/h2-3,8,10-11,13,24H,4-7,9H2,1H3,(H2,20,21,22,23). The van der Waals surface area contributed by atoms with E-state index in [1.54, 1.807) is 22.7 Å². The Morgan fingerprint density at radius 1 is 1.25 bits per heavy atom. The molecule has 8 nitrogen and oxygen atoms in total. The van der Waals surface area contributed by atoms with Gasteiger partial charge in [0.2, 0.25) is 21.7 Å². The third-order valence-electron chi connectivity index (χ3n) is 6.19. The molecule has 0 aliphatic heterocycles. The monoisotopic (exact) mass is 398 g/mol. The van der Waals surface area contributed by atoms with Gasteiger partial charge in [-0.25, -0.2) is 28.1 Å². The molecule has 3 aromatic rings. The van der Waals surface area contributed by atoms with E-state index in [0.717, 1.165) is 43.2 Å². The van der Waals surface area contributed by atoms with Crippen molar-refractivity contribution < 1.29 is 8.42 Å². The molecule has 0 amide bonds. The first kappa shape index (κ1) is 17.6. The van der Waals surface area contributed by atoms with E-state index in [1.807, 2.05) is 13.0 Å². The lowest BCUT2D eigenvalue weighted by molar-refractivity contribution is 0.379.